The summed E-state index contributed by atoms with van der Waals surface area (Å²) >= 11 is 11.3. The predicted octanol–water partition coefficient (Wildman–Crippen LogP) is 3.48. The first-order chi connectivity index (χ1) is 7.55. The summed E-state index contributed by atoms with van der Waals surface area (Å²) in [5, 5.41) is 2.87. The van der Waals surface area contributed by atoms with Gasteiger partial charge in [0.2, 0.25) is 5.91 Å². The second-order valence-electron chi connectivity index (χ2n) is 3.84. The number of carbonyl (C=O) groups is 1. The number of hydrogen-bond acceptors (Lipinski definition) is 1. The smallest absolute Gasteiger partial charge is 0.239 e. The maximum Gasteiger partial charge on any atom is 0.239 e. The van der Waals surface area contributed by atoms with Crippen molar-refractivity contribution in [3.05, 3.63) is 28.8 Å². The van der Waals surface area contributed by atoms with Gasteiger partial charge < -0.3 is 5.32 Å². The number of amides is 1. The van der Waals surface area contributed by atoms with E-state index in [-0.39, 0.29) is 11.8 Å². The fourth-order valence-corrected chi connectivity index (χ4v) is 1.77. The Morgan fingerprint density at radius 1 is 1.50 bits per heavy atom. The van der Waals surface area contributed by atoms with Crippen molar-refractivity contribution in [1.29, 1.82) is 0 Å². The zero-order chi connectivity index (χ0) is 11.8. The molecule has 1 aliphatic carbocycles. The van der Waals surface area contributed by atoms with Crippen molar-refractivity contribution < 1.29 is 9.18 Å². The molecule has 0 spiro atoms. The highest BCUT2D eigenvalue weighted by atomic mass is 35.5. The van der Waals surface area contributed by atoms with Gasteiger partial charge in [-0.2, -0.15) is 0 Å². The molecule has 0 unspecified atom stereocenters. The van der Waals surface area contributed by atoms with E-state index >= 15 is 0 Å². The topological polar surface area (TPSA) is 29.1 Å². The number of anilines is 1. The summed E-state index contributed by atoms with van der Waals surface area (Å²) in [6, 6.07) is 4.79. The molecule has 1 N–H and O–H groups in total. The van der Waals surface area contributed by atoms with Gasteiger partial charge in [0.15, 0.2) is 0 Å². The van der Waals surface area contributed by atoms with E-state index in [0.717, 1.165) is 0 Å². The molecule has 0 radical (unpaired) electrons. The van der Waals surface area contributed by atoms with Crippen molar-refractivity contribution in [2.45, 2.75) is 18.5 Å². The second-order valence-corrected chi connectivity index (χ2v) is 4.52. The average Bonchev–Trinajstić information content (AvgIpc) is 3.00. The molecule has 16 heavy (non-hydrogen) atoms. The van der Waals surface area contributed by atoms with Crippen LogP contribution in [0.5, 0.6) is 0 Å². The molecule has 1 aromatic carbocycles. The number of alkyl halides is 2. The summed E-state index contributed by atoms with van der Waals surface area (Å²) in [7, 11) is 0. The van der Waals surface area contributed by atoms with Crippen LogP contribution in [0.3, 0.4) is 0 Å². The van der Waals surface area contributed by atoms with Crippen molar-refractivity contribution in [1.82, 2.24) is 0 Å². The Morgan fingerprint density at radius 3 is 2.69 bits per heavy atom. The third-order valence-electron chi connectivity index (χ3n) is 2.57. The standard InChI is InChI=1S/C11H10Cl2FNO/c12-6-10(16)15-9-2-1-7(5-8(9)13)11(14)3-4-11/h1-2,5H,3-4,6H2,(H,15,16). The van der Waals surface area contributed by atoms with Crippen LogP contribution in [0, 0.1) is 0 Å². The van der Waals surface area contributed by atoms with Gasteiger partial charge in [0, 0.05) is 0 Å². The first kappa shape index (κ1) is 11.7. The Labute approximate surface area is 103 Å². The van der Waals surface area contributed by atoms with Crippen molar-refractivity contribution >= 4 is 34.8 Å². The van der Waals surface area contributed by atoms with Crippen LogP contribution in [-0.2, 0) is 10.5 Å². The molecule has 0 saturated heterocycles. The van der Waals surface area contributed by atoms with E-state index in [2.05, 4.69) is 5.32 Å². The molecular formula is C11H10Cl2FNO. The summed E-state index contributed by atoms with van der Waals surface area (Å²) in [6.45, 7) is 0. The summed E-state index contributed by atoms with van der Waals surface area (Å²) in [6.07, 6.45) is 1.08. The van der Waals surface area contributed by atoms with E-state index in [1.54, 1.807) is 18.2 Å². The molecule has 2 nitrogen and oxygen atoms in total. The van der Waals surface area contributed by atoms with E-state index < -0.39 is 5.67 Å². The van der Waals surface area contributed by atoms with Gasteiger partial charge in [0.25, 0.3) is 0 Å². The van der Waals surface area contributed by atoms with Gasteiger partial charge >= 0.3 is 0 Å². The van der Waals surface area contributed by atoms with Gasteiger partial charge in [-0.05, 0) is 30.5 Å². The lowest BCUT2D eigenvalue weighted by molar-refractivity contribution is -0.113. The number of benzene rings is 1. The minimum absolute atomic E-state index is 0.134. The molecular weight excluding hydrogens is 252 g/mol. The Hall–Kier alpha value is -0.800. The van der Waals surface area contributed by atoms with Crippen LogP contribution in [0.1, 0.15) is 18.4 Å². The Kier molecular flexibility index (Phi) is 3.08. The van der Waals surface area contributed by atoms with Crippen LogP contribution in [0.15, 0.2) is 18.2 Å². The summed E-state index contributed by atoms with van der Waals surface area (Å²) in [5.41, 5.74) is -0.180. The number of hydrogen-bond donors (Lipinski definition) is 1. The van der Waals surface area contributed by atoms with Crippen LogP contribution in [0.4, 0.5) is 10.1 Å². The minimum Gasteiger partial charge on any atom is -0.324 e. The molecule has 1 aromatic rings. The largest absolute Gasteiger partial charge is 0.324 e. The Morgan fingerprint density at radius 2 is 2.19 bits per heavy atom. The van der Waals surface area contributed by atoms with Crippen LogP contribution in [0.2, 0.25) is 5.02 Å². The number of carbonyl (C=O) groups excluding carboxylic acids is 1. The number of rotatable bonds is 3. The molecule has 1 amide bonds. The highest BCUT2D eigenvalue weighted by Gasteiger charge is 2.45. The number of halogens is 3. The van der Waals surface area contributed by atoms with Crippen molar-refractivity contribution in [3.8, 4) is 0 Å². The molecule has 0 heterocycles. The maximum atomic E-state index is 13.7. The van der Waals surface area contributed by atoms with Gasteiger partial charge in [0.1, 0.15) is 11.5 Å². The number of nitrogens with one attached hydrogen (secondary N) is 1. The minimum atomic E-state index is -1.21. The molecule has 0 atom stereocenters. The zero-order valence-corrected chi connectivity index (χ0v) is 9.91. The van der Waals surface area contributed by atoms with Crippen LogP contribution in [-0.4, -0.2) is 11.8 Å². The lowest BCUT2D eigenvalue weighted by atomic mass is 10.1. The molecule has 1 saturated carbocycles. The fraction of sp³-hybridized carbons (Fsp3) is 0.364. The molecule has 0 aromatic heterocycles. The van der Waals surface area contributed by atoms with Crippen LogP contribution in [0.25, 0.3) is 0 Å². The molecule has 0 bridgehead atoms. The highest BCUT2D eigenvalue weighted by Crippen LogP contribution is 2.50. The third-order valence-corrected chi connectivity index (χ3v) is 3.13. The molecule has 5 heteroatoms. The first-order valence-electron chi connectivity index (χ1n) is 4.90. The lowest BCUT2D eigenvalue weighted by Gasteiger charge is -2.10. The highest BCUT2D eigenvalue weighted by molar-refractivity contribution is 6.34. The maximum absolute atomic E-state index is 13.7. The summed E-state index contributed by atoms with van der Waals surface area (Å²) in [5.74, 6) is -0.469. The monoisotopic (exact) mass is 261 g/mol. The summed E-state index contributed by atoms with van der Waals surface area (Å²) < 4.78 is 13.7. The van der Waals surface area contributed by atoms with E-state index in [4.69, 9.17) is 23.2 Å². The second kappa shape index (κ2) is 4.22. The lowest BCUT2D eigenvalue weighted by Crippen LogP contribution is -2.13. The SMILES string of the molecule is O=C(CCl)Nc1ccc(C2(F)CC2)cc1Cl. The van der Waals surface area contributed by atoms with Crippen molar-refractivity contribution in [3.63, 3.8) is 0 Å². The first-order valence-corrected chi connectivity index (χ1v) is 5.81. The Balaban J connectivity index is 2.20. The van der Waals surface area contributed by atoms with Gasteiger partial charge in [-0.15, -0.1) is 11.6 Å². The molecule has 1 fully saturated rings. The molecule has 86 valence electrons. The molecule has 1 aliphatic rings. The van der Waals surface area contributed by atoms with E-state index in [1.165, 1.54) is 0 Å². The third kappa shape index (κ3) is 2.30. The Bertz CT molecular complexity index is 432. The van der Waals surface area contributed by atoms with Gasteiger partial charge in [0.05, 0.1) is 10.7 Å². The van der Waals surface area contributed by atoms with Gasteiger partial charge in [-0.25, -0.2) is 4.39 Å². The quantitative estimate of drug-likeness (QED) is 0.830. The predicted molar refractivity (Wildman–Crippen MR) is 62.8 cm³/mol. The normalized spacial score (nSPS) is 16.9. The van der Waals surface area contributed by atoms with Gasteiger partial charge in [-0.3, -0.25) is 4.79 Å². The van der Waals surface area contributed by atoms with E-state index in [0.29, 0.717) is 29.1 Å². The van der Waals surface area contributed by atoms with Gasteiger partial charge in [-0.1, -0.05) is 17.7 Å². The van der Waals surface area contributed by atoms with Crippen LogP contribution < -0.4 is 5.32 Å². The van der Waals surface area contributed by atoms with E-state index in [1.807, 2.05) is 0 Å². The zero-order valence-electron chi connectivity index (χ0n) is 8.40. The summed E-state index contributed by atoms with van der Waals surface area (Å²) in [4.78, 5) is 11.1. The van der Waals surface area contributed by atoms with E-state index in [9.17, 15) is 9.18 Å². The van der Waals surface area contributed by atoms with Crippen LogP contribution >= 0.6 is 23.2 Å². The fourth-order valence-electron chi connectivity index (χ4n) is 1.48. The molecule has 0 aliphatic heterocycles. The van der Waals surface area contributed by atoms with Crippen molar-refractivity contribution in [2.75, 3.05) is 11.2 Å². The van der Waals surface area contributed by atoms with Crippen molar-refractivity contribution in [2.24, 2.45) is 0 Å². The molecule has 2 rings (SSSR count). The average molecular weight is 262 g/mol.